The van der Waals surface area contributed by atoms with Gasteiger partial charge < -0.3 is 29.6 Å². The molecule has 0 radical (unpaired) electrons. The highest BCUT2D eigenvalue weighted by molar-refractivity contribution is 14.1. The Hall–Kier alpha value is -3.12. The lowest BCUT2D eigenvalue weighted by Crippen LogP contribution is -2.50. The lowest BCUT2D eigenvalue weighted by Gasteiger charge is -2.35. The third-order valence-corrected chi connectivity index (χ3v) is 11.5. The molecule has 2 N–H and O–H groups in total. The van der Waals surface area contributed by atoms with Gasteiger partial charge in [0.1, 0.15) is 5.75 Å². The van der Waals surface area contributed by atoms with Crippen molar-refractivity contribution >= 4 is 55.9 Å². The molecule has 2 aliphatic rings. The molecule has 252 valence electrons. The monoisotopic (exact) mass is 782 g/mol. The van der Waals surface area contributed by atoms with Crippen LogP contribution in [0.25, 0.3) is 0 Å². The van der Waals surface area contributed by atoms with Crippen LogP contribution in [-0.4, -0.2) is 69.0 Å². The third-order valence-electron chi connectivity index (χ3n) is 8.23. The third kappa shape index (κ3) is 7.87. The van der Waals surface area contributed by atoms with Crippen molar-refractivity contribution in [3.63, 3.8) is 0 Å². The molecule has 46 heavy (non-hydrogen) atoms. The average Bonchev–Trinajstić information content (AvgIpc) is 3.02. The van der Waals surface area contributed by atoms with Gasteiger partial charge in [0.05, 0.1) is 48.7 Å². The first kappa shape index (κ1) is 35.7. The fourth-order valence-electron chi connectivity index (χ4n) is 5.47. The van der Waals surface area contributed by atoms with Gasteiger partial charge in [-0.05, 0) is 63.3 Å². The van der Waals surface area contributed by atoms with Crippen molar-refractivity contribution in [3.8, 4) is 11.5 Å². The van der Waals surface area contributed by atoms with Crippen LogP contribution in [0.15, 0.2) is 41.3 Å². The number of hydrogen-bond donors (Lipinski definition) is 2. The summed E-state index contributed by atoms with van der Waals surface area (Å²) >= 11 is 0.522. The predicted molar refractivity (Wildman–Crippen MR) is 167 cm³/mol. The van der Waals surface area contributed by atoms with Gasteiger partial charge in [0.15, 0.2) is 11.6 Å². The number of amides is 2. The minimum Gasteiger partial charge on any atom is -0.496 e. The quantitative estimate of drug-likeness (QED) is 0.196. The van der Waals surface area contributed by atoms with Crippen molar-refractivity contribution in [1.82, 2.24) is 5.32 Å². The number of hydrogen-bond acceptors (Lipinski definition) is 9. The van der Waals surface area contributed by atoms with Crippen LogP contribution in [0.5, 0.6) is 11.5 Å². The molecule has 11 nitrogen and oxygen atoms in total. The van der Waals surface area contributed by atoms with Gasteiger partial charge >= 0.3 is 9.23 Å². The number of sulfone groups is 1. The lowest BCUT2D eigenvalue weighted by molar-refractivity contribution is -0.154. The van der Waals surface area contributed by atoms with Crippen LogP contribution in [-0.2, 0) is 28.9 Å². The Kier molecular flexibility index (Phi) is 11.1. The largest absolute Gasteiger partial charge is 0.496 e. The zero-order valence-electron chi connectivity index (χ0n) is 25.2. The lowest BCUT2D eigenvalue weighted by atomic mass is 9.75. The SMILES string of the molecule is COC(=O)C1(C)CCC(Oc2cc(C(=O)N[C@@H]3CCOC[C@@H]3C(=O)Nc3cccc(S(=O)(=O)C(F)(F)I)c3)c(OC)cc2F)CC1. The first-order chi connectivity index (χ1) is 21.6. The molecule has 1 aliphatic heterocycles. The van der Waals surface area contributed by atoms with Crippen molar-refractivity contribution in [3.05, 3.63) is 47.8 Å². The van der Waals surface area contributed by atoms with E-state index >= 15 is 4.39 Å². The number of ether oxygens (including phenoxy) is 4. The highest BCUT2D eigenvalue weighted by atomic mass is 127. The second-order valence-electron chi connectivity index (χ2n) is 11.4. The van der Waals surface area contributed by atoms with Crippen LogP contribution in [0.1, 0.15) is 49.4 Å². The van der Waals surface area contributed by atoms with Crippen molar-refractivity contribution in [1.29, 1.82) is 0 Å². The topological polar surface area (TPSA) is 146 Å². The zero-order valence-corrected chi connectivity index (χ0v) is 28.2. The van der Waals surface area contributed by atoms with E-state index in [4.69, 9.17) is 18.9 Å². The Morgan fingerprint density at radius 1 is 1.07 bits per heavy atom. The molecule has 1 aliphatic carbocycles. The summed E-state index contributed by atoms with van der Waals surface area (Å²) in [5, 5.41) is 5.29. The molecule has 1 saturated heterocycles. The summed E-state index contributed by atoms with van der Waals surface area (Å²) in [6.07, 6.45) is 1.71. The normalized spacial score (nSPS) is 23.6. The number of carbonyl (C=O) groups is 3. The fraction of sp³-hybridized carbons (Fsp3) is 0.500. The van der Waals surface area contributed by atoms with Crippen LogP contribution in [0, 0.1) is 17.2 Å². The van der Waals surface area contributed by atoms with Crippen LogP contribution in [0.2, 0.25) is 0 Å². The molecule has 2 aromatic rings. The Labute approximate surface area is 277 Å². The van der Waals surface area contributed by atoms with Gasteiger partial charge in [-0.3, -0.25) is 14.4 Å². The summed E-state index contributed by atoms with van der Waals surface area (Å²) in [6, 6.07) is 5.96. The number of esters is 1. The van der Waals surface area contributed by atoms with E-state index in [9.17, 15) is 31.6 Å². The second-order valence-corrected chi connectivity index (χ2v) is 15.4. The van der Waals surface area contributed by atoms with Gasteiger partial charge in [-0.25, -0.2) is 12.8 Å². The van der Waals surface area contributed by atoms with Gasteiger partial charge in [-0.1, -0.05) is 6.07 Å². The van der Waals surface area contributed by atoms with Crippen LogP contribution >= 0.6 is 22.6 Å². The van der Waals surface area contributed by atoms with Crippen molar-refractivity contribution in [2.45, 2.75) is 59.3 Å². The molecule has 2 aromatic carbocycles. The number of halogens is 4. The highest BCUT2D eigenvalue weighted by Crippen LogP contribution is 2.39. The molecule has 4 rings (SSSR count). The van der Waals surface area contributed by atoms with E-state index in [1.807, 2.05) is 6.92 Å². The molecule has 2 atom stereocenters. The van der Waals surface area contributed by atoms with E-state index in [0.29, 0.717) is 48.3 Å². The summed E-state index contributed by atoms with van der Waals surface area (Å²) in [7, 11) is -2.40. The highest BCUT2D eigenvalue weighted by Gasteiger charge is 2.43. The summed E-state index contributed by atoms with van der Waals surface area (Å²) < 4.78 is 84.2. The average molecular weight is 783 g/mol. The summed E-state index contributed by atoms with van der Waals surface area (Å²) in [4.78, 5) is 38.2. The molecule has 1 heterocycles. The van der Waals surface area contributed by atoms with Gasteiger partial charge in [0.25, 0.3) is 15.7 Å². The molecule has 0 spiro atoms. The van der Waals surface area contributed by atoms with E-state index < -0.39 is 59.1 Å². The van der Waals surface area contributed by atoms with Gasteiger partial charge in [0.2, 0.25) is 5.91 Å². The Morgan fingerprint density at radius 2 is 1.76 bits per heavy atom. The maximum absolute atomic E-state index is 15.0. The van der Waals surface area contributed by atoms with Gasteiger partial charge in [-0.2, -0.15) is 8.78 Å². The second kappa shape index (κ2) is 14.3. The zero-order chi connectivity index (χ0) is 33.9. The van der Waals surface area contributed by atoms with Crippen molar-refractivity contribution < 1.29 is 54.9 Å². The van der Waals surface area contributed by atoms with Crippen molar-refractivity contribution in [2.24, 2.45) is 11.3 Å². The number of benzene rings is 2. The molecule has 16 heteroatoms. The molecule has 1 saturated carbocycles. The minimum atomic E-state index is -5.00. The molecule has 0 aromatic heterocycles. The number of nitrogens with one attached hydrogen (secondary N) is 2. The van der Waals surface area contributed by atoms with Crippen LogP contribution in [0.3, 0.4) is 0 Å². The first-order valence-corrected chi connectivity index (χ1v) is 16.9. The van der Waals surface area contributed by atoms with E-state index in [-0.39, 0.29) is 48.4 Å². The maximum Gasteiger partial charge on any atom is 0.398 e. The molecular weight excluding hydrogens is 748 g/mol. The van der Waals surface area contributed by atoms with Gasteiger partial charge in [0, 0.05) is 47.0 Å². The van der Waals surface area contributed by atoms with E-state index in [0.717, 1.165) is 18.2 Å². The van der Waals surface area contributed by atoms with E-state index in [2.05, 4.69) is 10.6 Å². The van der Waals surface area contributed by atoms with Crippen molar-refractivity contribution in [2.75, 3.05) is 32.8 Å². The molecular formula is C30H34F3IN2O9S. The van der Waals surface area contributed by atoms with E-state index in [1.54, 1.807) is 0 Å². The molecule has 0 bridgehead atoms. The van der Waals surface area contributed by atoms with Gasteiger partial charge in [-0.15, -0.1) is 0 Å². The smallest absolute Gasteiger partial charge is 0.398 e. The Morgan fingerprint density at radius 3 is 2.39 bits per heavy atom. The number of methoxy groups -OCH3 is 2. The number of anilines is 1. The standard InChI is InChI=1S/C30H34F3IN2O9S/c1-29(28(39)43-3)10-7-18(8-11-29)45-25-14-20(24(42-2)15-22(25)31)26(37)36-23-9-12-44-16-21(23)27(38)35-17-5-4-6-19(13-17)46(40,41)30(32,33)34/h4-6,13-15,18,21,23H,7-12,16H2,1-3H3,(H,35,38)(H,36,37)/t18?,21-,23+,29?/m0/s1. The Balaban J connectivity index is 1.48. The minimum absolute atomic E-state index is 0.0426. The van der Waals surface area contributed by atoms with E-state index in [1.165, 1.54) is 32.4 Å². The Bertz CT molecular complexity index is 1580. The molecule has 0 unspecified atom stereocenters. The molecule has 2 fully saturated rings. The first-order valence-electron chi connectivity index (χ1n) is 14.3. The number of alkyl halides is 3. The summed E-state index contributed by atoms with van der Waals surface area (Å²) in [5.41, 5.74) is -0.744. The number of rotatable bonds is 10. The summed E-state index contributed by atoms with van der Waals surface area (Å²) in [6.45, 7) is 1.93. The fourth-order valence-corrected chi connectivity index (χ4v) is 7.04. The summed E-state index contributed by atoms with van der Waals surface area (Å²) in [5.74, 6) is -3.57. The predicted octanol–water partition coefficient (Wildman–Crippen LogP) is 4.87. The number of carbonyl (C=O) groups excluding carboxylic acids is 3. The van der Waals surface area contributed by atoms with Crippen LogP contribution < -0.4 is 20.1 Å². The molecule has 2 amide bonds. The van der Waals surface area contributed by atoms with Crippen LogP contribution in [0.4, 0.5) is 18.9 Å². The maximum atomic E-state index is 15.0.